The smallest absolute Gasteiger partial charge is 0.230 e. The van der Waals surface area contributed by atoms with E-state index in [1.807, 2.05) is 12.1 Å². The molecule has 2 rings (SSSR count). The summed E-state index contributed by atoms with van der Waals surface area (Å²) in [6.45, 7) is 0.935. The molecule has 16 heavy (non-hydrogen) atoms. The normalized spacial score (nSPS) is 17.2. The maximum absolute atomic E-state index is 12.1. The second-order valence-electron chi connectivity index (χ2n) is 4.35. The Bertz CT molecular complexity index is 398. The van der Waals surface area contributed by atoms with Gasteiger partial charge in [-0.25, -0.2) is 0 Å². The highest BCUT2D eigenvalue weighted by Gasteiger charge is 2.49. The van der Waals surface area contributed by atoms with Crippen molar-refractivity contribution in [2.24, 2.45) is 11.1 Å². The van der Waals surface area contributed by atoms with E-state index in [2.05, 4.69) is 15.9 Å². The van der Waals surface area contributed by atoms with Crippen LogP contribution in [0.3, 0.4) is 0 Å². The van der Waals surface area contributed by atoms with E-state index in [1.165, 1.54) is 0 Å². The fraction of sp³-hybridized carbons (Fsp3) is 0.545. The van der Waals surface area contributed by atoms with Crippen molar-refractivity contribution in [2.45, 2.75) is 19.4 Å². The first-order valence-electron chi connectivity index (χ1n) is 5.27. The molecule has 2 N–H and O–H groups in total. The van der Waals surface area contributed by atoms with Crippen LogP contribution >= 0.6 is 15.9 Å². The average Bonchev–Trinajstić information content (AvgIpc) is 2.97. The second kappa shape index (κ2) is 4.22. The molecule has 0 unspecified atom stereocenters. The van der Waals surface area contributed by atoms with Crippen molar-refractivity contribution in [3.05, 3.63) is 22.6 Å². The predicted molar refractivity (Wildman–Crippen MR) is 63.6 cm³/mol. The van der Waals surface area contributed by atoms with E-state index in [1.54, 1.807) is 11.9 Å². The summed E-state index contributed by atoms with van der Waals surface area (Å²) < 4.78 is 6.05. The third kappa shape index (κ3) is 2.15. The summed E-state index contributed by atoms with van der Waals surface area (Å²) >= 11 is 3.23. The van der Waals surface area contributed by atoms with E-state index in [9.17, 15) is 4.79 Å². The Balaban J connectivity index is 1.98. The lowest BCUT2D eigenvalue weighted by molar-refractivity contribution is -0.136. The zero-order valence-electron chi connectivity index (χ0n) is 9.20. The molecule has 0 radical (unpaired) electrons. The summed E-state index contributed by atoms with van der Waals surface area (Å²) in [6, 6.07) is 3.68. The molecular formula is C11H15BrN2O2. The van der Waals surface area contributed by atoms with Crippen LogP contribution in [-0.4, -0.2) is 24.4 Å². The van der Waals surface area contributed by atoms with E-state index < -0.39 is 0 Å². The number of amides is 1. The summed E-state index contributed by atoms with van der Waals surface area (Å²) in [5, 5.41) is 0. The van der Waals surface area contributed by atoms with Crippen LogP contribution in [0.1, 0.15) is 18.6 Å². The third-order valence-electron chi connectivity index (χ3n) is 3.07. The highest BCUT2D eigenvalue weighted by Crippen LogP contribution is 2.46. The van der Waals surface area contributed by atoms with Crippen LogP contribution in [0, 0.1) is 5.41 Å². The van der Waals surface area contributed by atoms with E-state index in [4.69, 9.17) is 10.2 Å². The Hall–Kier alpha value is -0.810. The first kappa shape index (κ1) is 11.7. The Morgan fingerprint density at radius 3 is 2.75 bits per heavy atom. The fourth-order valence-electron chi connectivity index (χ4n) is 1.80. The number of rotatable bonds is 4. The molecule has 1 saturated carbocycles. The van der Waals surface area contributed by atoms with Crippen molar-refractivity contribution >= 4 is 21.8 Å². The Labute approximate surface area is 103 Å². The van der Waals surface area contributed by atoms with Crippen molar-refractivity contribution in [1.29, 1.82) is 0 Å². The average molecular weight is 287 g/mol. The van der Waals surface area contributed by atoms with Crippen molar-refractivity contribution < 1.29 is 9.21 Å². The SMILES string of the molecule is CN(Cc1ccc(Br)o1)C(=O)C1(CN)CC1. The molecule has 0 bridgehead atoms. The molecule has 1 aliphatic carbocycles. The van der Waals surface area contributed by atoms with E-state index in [0.29, 0.717) is 17.8 Å². The van der Waals surface area contributed by atoms with Gasteiger partial charge in [-0.2, -0.15) is 0 Å². The number of carbonyl (C=O) groups excluding carboxylic acids is 1. The molecule has 1 aromatic rings. The third-order valence-corrected chi connectivity index (χ3v) is 3.49. The number of nitrogens with zero attached hydrogens (tertiary/aromatic N) is 1. The van der Waals surface area contributed by atoms with Crippen molar-refractivity contribution in [3.8, 4) is 0 Å². The van der Waals surface area contributed by atoms with Gasteiger partial charge < -0.3 is 15.1 Å². The first-order chi connectivity index (χ1) is 7.57. The molecule has 4 nitrogen and oxygen atoms in total. The van der Waals surface area contributed by atoms with Gasteiger partial charge >= 0.3 is 0 Å². The highest BCUT2D eigenvalue weighted by atomic mass is 79.9. The number of furan rings is 1. The van der Waals surface area contributed by atoms with Gasteiger partial charge in [0.1, 0.15) is 5.76 Å². The van der Waals surface area contributed by atoms with E-state index >= 15 is 0 Å². The number of hydrogen-bond donors (Lipinski definition) is 1. The topological polar surface area (TPSA) is 59.5 Å². The predicted octanol–water partition coefficient (Wildman–Crippen LogP) is 1.74. The molecule has 5 heteroatoms. The minimum absolute atomic E-state index is 0.127. The van der Waals surface area contributed by atoms with Crippen LogP contribution in [0.2, 0.25) is 0 Å². The Morgan fingerprint density at radius 1 is 1.62 bits per heavy atom. The van der Waals surface area contributed by atoms with Crippen LogP contribution in [-0.2, 0) is 11.3 Å². The lowest BCUT2D eigenvalue weighted by Gasteiger charge is -2.21. The molecule has 1 aromatic heterocycles. The molecule has 0 atom stereocenters. The first-order valence-corrected chi connectivity index (χ1v) is 6.06. The number of halogens is 1. The van der Waals surface area contributed by atoms with Crippen molar-refractivity contribution in [3.63, 3.8) is 0 Å². The van der Waals surface area contributed by atoms with Gasteiger partial charge in [-0.05, 0) is 40.9 Å². The largest absolute Gasteiger partial charge is 0.452 e. The summed E-state index contributed by atoms with van der Waals surface area (Å²) in [6.07, 6.45) is 1.82. The molecular weight excluding hydrogens is 272 g/mol. The number of hydrogen-bond acceptors (Lipinski definition) is 3. The number of nitrogens with two attached hydrogens (primary N) is 1. The molecule has 0 spiro atoms. The molecule has 0 aromatic carbocycles. The van der Waals surface area contributed by atoms with Gasteiger partial charge in [0.05, 0.1) is 12.0 Å². The van der Waals surface area contributed by atoms with Crippen LogP contribution in [0.15, 0.2) is 21.2 Å². The number of carbonyl (C=O) groups is 1. The van der Waals surface area contributed by atoms with Gasteiger partial charge in [0, 0.05) is 13.6 Å². The van der Waals surface area contributed by atoms with Gasteiger partial charge in [0.2, 0.25) is 5.91 Å². The molecule has 1 fully saturated rings. The van der Waals surface area contributed by atoms with Gasteiger partial charge in [-0.3, -0.25) is 4.79 Å². The van der Waals surface area contributed by atoms with Crippen molar-refractivity contribution in [1.82, 2.24) is 4.90 Å². The summed E-state index contributed by atoms with van der Waals surface area (Å²) in [5.41, 5.74) is 5.35. The zero-order valence-corrected chi connectivity index (χ0v) is 10.8. The molecule has 0 saturated heterocycles. The van der Waals surface area contributed by atoms with Crippen LogP contribution in [0.4, 0.5) is 0 Å². The zero-order chi connectivity index (χ0) is 11.8. The maximum Gasteiger partial charge on any atom is 0.230 e. The Morgan fingerprint density at radius 2 is 2.31 bits per heavy atom. The van der Waals surface area contributed by atoms with Gasteiger partial charge in [-0.1, -0.05) is 0 Å². The molecule has 88 valence electrons. The molecule has 0 aliphatic heterocycles. The fourth-order valence-corrected chi connectivity index (χ4v) is 2.14. The lowest BCUT2D eigenvalue weighted by Crippen LogP contribution is -2.37. The molecule has 1 heterocycles. The Kier molecular flexibility index (Phi) is 3.08. The monoisotopic (exact) mass is 286 g/mol. The minimum atomic E-state index is -0.279. The van der Waals surface area contributed by atoms with E-state index in [-0.39, 0.29) is 11.3 Å². The van der Waals surface area contributed by atoms with Gasteiger partial charge in [0.25, 0.3) is 0 Å². The minimum Gasteiger partial charge on any atom is -0.452 e. The van der Waals surface area contributed by atoms with E-state index in [0.717, 1.165) is 18.6 Å². The second-order valence-corrected chi connectivity index (χ2v) is 5.13. The highest BCUT2D eigenvalue weighted by molar-refractivity contribution is 9.10. The lowest BCUT2D eigenvalue weighted by atomic mass is 10.1. The summed E-state index contributed by atoms with van der Waals surface area (Å²) in [4.78, 5) is 13.7. The maximum atomic E-state index is 12.1. The molecule has 1 amide bonds. The quantitative estimate of drug-likeness (QED) is 0.917. The summed E-state index contributed by atoms with van der Waals surface area (Å²) in [5.74, 6) is 0.901. The van der Waals surface area contributed by atoms with Crippen LogP contribution in [0.25, 0.3) is 0 Å². The van der Waals surface area contributed by atoms with Crippen LogP contribution in [0.5, 0.6) is 0 Å². The van der Waals surface area contributed by atoms with Gasteiger partial charge in [0.15, 0.2) is 4.67 Å². The standard InChI is InChI=1S/C11H15BrN2O2/c1-14(6-8-2-3-9(12)16-8)10(15)11(7-13)4-5-11/h2-3H,4-7,13H2,1H3. The molecule has 1 aliphatic rings. The van der Waals surface area contributed by atoms with Crippen LogP contribution < -0.4 is 5.73 Å². The van der Waals surface area contributed by atoms with Crippen molar-refractivity contribution in [2.75, 3.05) is 13.6 Å². The van der Waals surface area contributed by atoms with Gasteiger partial charge in [-0.15, -0.1) is 0 Å². The summed E-state index contributed by atoms with van der Waals surface area (Å²) in [7, 11) is 1.79.